The molecule has 0 unspecified atom stereocenters. The maximum atomic E-state index is 13.6. The van der Waals surface area contributed by atoms with Gasteiger partial charge in [-0.1, -0.05) is 12.1 Å². The Morgan fingerprint density at radius 1 is 0.741 bits per heavy atom. The van der Waals surface area contributed by atoms with Crippen LogP contribution in [-0.2, 0) is 0 Å². The fourth-order valence-electron chi connectivity index (χ4n) is 2.29. The van der Waals surface area contributed by atoms with Crippen LogP contribution in [0.3, 0.4) is 0 Å². The highest BCUT2D eigenvalue weighted by Crippen LogP contribution is 2.37. The van der Waals surface area contributed by atoms with Crippen molar-refractivity contribution in [2.75, 3.05) is 0 Å². The third kappa shape index (κ3) is 3.63. The summed E-state index contributed by atoms with van der Waals surface area (Å²) in [6.45, 7) is 0. The van der Waals surface area contributed by atoms with Gasteiger partial charge in [-0.3, -0.25) is 0 Å². The van der Waals surface area contributed by atoms with E-state index in [0.29, 0.717) is 0 Å². The van der Waals surface area contributed by atoms with E-state index in [0.717, 1.165) is 12.1 Å². The molecule has 0 fully saturated rings. The van der Waals surface area contributed by atoms with Crippen LogP contribution in [-0.4, -0.2) is 5.11 Å². The molecule has 0 aliphatic carbocycles. The second-order valence-electron chi connectivity index (χ2n) is 5.28. The number of hydrogen-bond donors (Lipinski definition) is 1. The van der Waals surface area contributed by atoms with Gasteiger partial charge in [-0.2, -0.15) is 10.5 Å². The summed E-state index contributed by atoms with van der Waals surface area (Å²) < 4.78 is 38.1. The lowest BCUT2D eigenvalue weighted by Crippen LogP contribution is -1.93. The molecule has 5 nitrogen and oxygen atoms in total. The van der Waals surface area contributed by atoms with Gasteiger partial charge in [0.15, 0.2) is 11.5 Å². The largest absolute Gasteiger partial charge is 0.504 e. The number of nitriles is 2. The molecular weight excluding hydrogens is 354 g/mol. The van der Waals surface area contributed by atoms with Gasteiger partial charge in [-0.15, -0.1) is 0 Å². The van der Waals surface area contributed by atoms with Crippen LogP contribution in [0.25, 0.3) is 0 Å². The Bertz CT molecular complexity index is 1100. The number of nitrogens with zero attached hydrogens (tertiary/aromatic N) is 2. The maximum absolute atomic E-state index is 13.6. The van der Waals surface area contributed by atoms with Crippen molar-refractivity contribution in [3.05, 3.63) is 77.4 Å². The zero-order valence-electron chi connectivity index (χ0n) is 13.6. The Kier molecular flexibility index (Phi) is 4.87. The van der Waals surface area contributed by atoms with Crippen LogP contribution in [0.4, 0.5) is 8.78 Å². The van der Waals surface area contributed by atoms with Crippen LogP contribution in [0.1, 0.15) is 11.1 Å². The minimum absolute atomic E-state index is 0.0116. The summed E-state index contributed by atoms with van der Waals surface area (Å²) >= 11 is 0. The van der Waals surface area contributed by atoms with Gasteiger partial charge in [-0.05, 0) is 36.4 Å². The third-order valence-corrected chi connectivity index (χ3v) is 3.55. The summed E-state index contributed by atoms with van der Waals surface area (Å²) in [5.41, 5.74) is -0.564. The zero-order valence-corrected chi connectivity index (χ0v) is 13.6. The van der Waals surface area contributed by atoms with Crippen molar-refractivity contribution in [2.24, 2.45) is 0 Å². The molecule has 0 aliphatic rings. The molecule has 132 valence electrons. The van der Waals surface area contributed by atoms with E-state index in [1.807, 2.05) is 0 Å². The SMILES string of the molecule is N#Cc1c(F)cccc1Oc1ccc(Oc2cccc(F)c2C#N)c(O)c1. The summed E-state index contributed by atoms with van der Waals surface area (Å²) in [6.07, 6.45) is 0. The number of rotatable bonds is 4. The fraction of sp³-hybridized carbons (Fsp3) is 0. The van der Waals surface area contributed by atoms with Crippen LogP contribution in [0.2, 0.25) is 0 Å². The Morgan fingerprint density at radius 2 is 1.30 bits per heavy atom. The number of ether oxygens (including phenoxy) is 2. The van der Waals surface area contributed by atoms with Gasteiger partial charge in [0.25, 0.3) is 0 Å². The lowest BCUT2D eigenvalue weighted by molar-refractivity contribution is 0.402. The standard InChI is InChI=1S/C20H10F2N2O3/c21-15-3-1-5-18(13(15)10-23)26-12-7-8-20(17(25)9-12)27-19-6-2-4-16(22)14(19)11-24/h1-9,25H. The van der Waals surface area contributed by atoms with Crippen molar-refractivity contribution < 1.29 is 23.4 Å². The first kappa shape index (κ1) is 17.7. The smallest absolute Gasteiger partial charge is 0.169 e. The van der Waals surface area contributed by atoms with Gasteiger partial charge in [0.2, 0.25) is 0 Å². The van der Waals surface area contributed by atoms with Gasteiger partial charge in [0.1, 0.15) is 52.1 Å². The van der Waals surface area contributed by atoms with E-state index in [1.165, 1.54) is 42.5 Å². The van der Waals surface area contributed by atoms with Crippen molar-refractivity contribution in [1.29, 1.82) is 10.5 Å². The summed E-state index contributed by atoms with van der Waals surface area (Å²) in [6, 6.07) is 15.1. The second-order valence-corrected chi connectivity index (χ2v) is 5.28. The molecule has 1 N–H and O–H groups in total. The monoisotopic (exact) mass is 364 g/mol. The predicted molar refractivity (Wildman–Crippen MR) is 90.5 cm³/mol. The molecule has 27 heavy (non-hydrogen) atoms. The van der Waals surface area contributed by atoms with Crippen molar-refractivity contribution in [2.45, 2.75) is 0 Å². The molecule has 3 aromatic carbocycles. The molecule has 7 heteroatoms. The first-order chi connectivity index (χ1) is 13.0. The van der Waals surface area contributed by atoms with Crippen LogP contribution in [0, 0.1) is 34.3 Å². The van der Waals surface area contributed by atoms with E-state index >= 15 is 0 Å². The van der Waals surface area contributed by atoms with Gasteiger partial charge in [0, 0.05) is 6.07 Å². The molecule has 3 rings (SSSR count). The summed E-state index contributed by atoms with van der Waals surface area (Å²) in [5.74, 6) is -1.80. The van der Waals surface area contributed by atoms with Gasteiger partial charge in [-0.25, -0.2) is 8.78 Å². The molecule has 3 aromatic rings. The molecule has 0 amide bonds. The molecule has 0 aromatic heterocycles. The predicted octanol–water partition coefficient (Wildman–Crippen LogP) is 5.00. The van der Waals surface area contributed by atoms with Crippen LogP contribution >= 0.6 is 0 Å². The van der Waals surface area contributed by atoms with Crippen molar-refractivity contribution in [1.82, 2.24) is 0 Å². The number of halogens is 2. The normalized spacial score (nSPS) is 9.93. The number of benzene rings is 3. The quantitative estimate of drug-likeness (QED) is 0.704. The van der Waals surface area contributed by atoms with Crippen LogP contribution in [0.15, 0.2) is 54.6 Å². The number of phenols is 1. The van der Waals surface area contributed by atoms with E-state index in [4.69, 9.17) is 20.0 Å². The lowest BCUT2D eigenvalue weighted by atomic mass is 10.2. The van der Waals surface area contributed by atoms with Gasteiger partial charge in [0.05, 0.1) is 0 Å². The molecule has 0 spiro atoms. The van der Waals surface area contributed by atoms with Crippen molar-refractivity contribution >= 4 is 0 Å². The molecule has 0 radical (unpaired) electrons. The van der Waals surface area contributed by atoms with Crippen molar-refractivity contribution in [3.63, 3.8) is 0 Å². The molecule has 0 heterocycles. The van der Waals surface area contributed by atoms with E-state index in [2.05, 4.69) is 0 Å². The Hall–Kier alpha value is -4.10. The zero-order chi connectivity index (χ0) is 19.4. The lowest BCUT2D eigenvalue weighted by Gasteiger charge is -2.12. The minimum atomic E-state index is -0.746. The third-order valence-electron chi connectivity index (χ3n) is 3.55. The highest BCUT2D eigenvalue weighted by molar-refractivity contribution is 5.52. The minimum Gasteiger partial charge on any atom is -0.504 e. The first-order valence-electron chi connectivity index (χ1n) is 7.59. The second kappa shape index (κ2) is 7.42. The summed E-state index contributed by atoms with van der Waals surface area (Å²) in [7, 11) is 0. The van der Waals surface area contributed by atoms with Crippen molar-refractivity contribution in [3.8, 4) is 40.9 Å². The van der Waals surface area contributed by atoms with Crippen LogP contribution in [0.5, 0.6) is 28.7 Å². The van der Waals surface area contributed by atoms with E-state index < -0.39 is 11.6 Å². The van der Waals surface area contributed by atoms with Crippen LogP contribution < -0.4 is 9.47 Å². The molecule has 0 saturated heterocycles. The molecule has 0 aliphatic heterocycles. The highest BCUT2D eigenvalue weighted by Gasteiger charge is 2.14. The van der Waals surface area contributed by atoms with E-state index in [-0.39, 0.29) is 39.9 Å². The Balaban J connectivity index is 1.88. The van der Waals surface area contributed by atoms with E-state index in [9.17, 15) is 13.9 Å². The molecule has 0 atom stereocenters. The number of hydrogen-bond acceptors (Lipinski definition) is 5. The number of aromatic hydroxyl groups is 1. The average Bonchev–Trinajstić information content (AvgIpc) is 2.64. The van der Waals surface area contributed by atoms with E-state index in [1.54, 1.807) is 12.1 Å². The molecular formula is C20H10F2N2O3. The fourth-order valence-corrected chi connectivity index (χ4v) is 2.29. The summed E-state index contributed by atoms with van der Waals surface area (Å²) in [5, 5.41) is 28.2. The Labute approximate surface area is 152 Å². The molecule has 0 bridgehead atoms. The maximum Gasteiger partial charge on any atom is 0.169 e. The molecule has 0 saturated carbocycles. The highest BCUT2D eigenvalue weighted by atomic mass is 19.1. The topological polar surface area (TPSA) is 86.3 Å². The van der Waals surface area contributed by atoms with Gasteiger partial charge >= 0.3 is 0 Å². The van der Waals surface area contributed by atoms with Gasteiger partial charge < -0.3 is 14.6 Å². The average molecular weight is 364 g/mol. The first-order valence-corrected chi connectivity index (χ1v) is 7.59. The summed E-state index contributed by atoms with van der Waals surface area (Å²) in [4.78, 5) is 0. The Morgan fingerprint density at radius 3 is 1.81 bits per heavy atom. The number of phenolic OH excluding ortho intramolecular Hbond substituents is 1.